The van der Waals surface area contributed by atoms with Crippen molar-refractivity contribution in [3.05, 3.63) is 52.3 Å². The minimum atomic E-state index is -0.314. The van der Waals surface area contributed by atoms with Crippen molar-refractivity contribution in [2.75, 3.05) is 32.1 Å². The lowest BCUT2D eigenvalue weighted by molar-refractivity contribution is -0.117. The Morgan fingerprint density at radius 3 is 2.67 bits per heavy atom. The minimum Gasteiger partial charge on any atom is -0.464 e. The lowest BCUT2D eigenvalue weighted by atomic mass is 10.0. The van der Waals surface area contributed by atoms with E-state index in [1.165, 1.54) is 7.11 Å². The van der Waals surface area contributed by atoms with Crippen molar-refractivity contribution in [2.24, 2.45) is 0 Å². The van der Waals surface area contributed by atoms with E-state index < -0.39 is 0 Å². The smallest absolute Gasteiger partial charge is 0.354 e. The third-order valence-electron chi connectivity index (χ3n) is 4.89. The van der Waals surface area contributed by atoms with Gasteiger partial charge in [0.1, 0.15) is 5.69 Å². The Bertz CT molecular complexity index is 826. The van der Waals surface area contributed by atoms with Gasteiger partial charge in [-0.15, -0.1) is 0 Å². The average molecular weight is 434 g/mol. The number of nitrogens with one attached hydrogen (secondary N) is 1. The summed E-state index contributed by atoms with van der Waals surface area (Å²) in [5.74, 6) is -0.334. The highest BCUT2D eigenvalue weighted by molar-refractivity contribution is 9.10. The quantitative estimate of drug-likeness (QED) is 0.731. The molecule has 0 radical (unpaired) electrons. The lowest BCUT2D eigenvalue weighted by Gasteiger charge is -2.32. The Kier molecular flexibility index (Phi) is 6.34. The zero-order valence-electron chi connectivity index (χ0n) is 15.6. The predicted octanol–water partition coefficient (Wildman–Crippen LogP) is 3.62. The second kappa shape index (κ2) is 8.71. The third kappa shape index (κ3) is 4.78. The van der Waals surface area contributed by atoms with E-state index in [1.807, 2.05) is 42.0 Å². The van der Waals surface area contributed by atoms with E-state index in [1.54, 1.807) is 6.07 Å². The van der Waals surface area contributed by atoms with Crippen LogP contribution in [-0.2, 0) is 9.53 Å². The molecule has 2 aromatic rings. The van der Waals surface area contributed by atoms with Crippen molar-refractivity contribution in [3.8, 4) is 0 Å². The van der Waals surface area contributed by atoms with E-state index in [0.717, 1.165) is 41.7 Å². The van der Waals surface area contributed by atoms with Crippen LogP contribution in [0.4, 0.5) is 5.69 Å². The van der Waals surface area contributed by atoms with Gasteiger partial charge in [-0.3, -0.25) is 9.69 Å². The fraction of sp³-hybridized carbons (Fsp3) is 0.400. The number of aromatic nitrogens is 1. The van der Waals surface area contributed by atoms with Crippen molar-refractivity contribution in [2.45, 2.75) is 25.8 Å². The molecule has 1 aliphatic rings. The fourth-order valence-electron chi connectivity index (χ4n) is 3.46. The summed E-state index contributed by atoms with van der Waals surface area (Å²) in [6.07, 6.45) is 3.70. The van der Waals surface area contributed by atoms with Gasteiger partial charge < -0.3 is 14.6 Å². The van der Waals surface area contributed by atoms with E-state index in [-0.39, 0.29) is 17.9 Å². The standard InChI is InChI=1S/C20H24BrN3O3/c1-14-5-6-17(16(21)12-14)22-19(25)13-23-10-7-15(8-11-23)24-9-3-4-18(24)20(26)27-2/h3-6,9,12,15H,7-8,10-11,13H2,1-2H3,(H,22,25). The molecule has 0 spiro atoms. The number of hydrogen-bond acceptors (Lipinski definition) is 4. The van der Waals surface area contributed by atoms with Gasteiger partial charge in [0.15, 0.2) is 0 Å². The highest BCUT2D eigenvalue weighted by atomic mass is 79.9. The molecule has 1 amide bonds. The average Bonchev–Trinajstić information content (AvgIpc) is 3.14. The Morgan fingerprint density at radius 2 is 2.00 bits per heavy atom. The molecule has 1 fully saturated rings. The maximum Gasteiger partial charge on any atom is 0.354 e. The first-order chi connectivity index (χ1) is 13.0. The summed E-state index contributed by atoms with van der Waals surface area (Å²) in [5.41, 5.74) is 2.51. The number of nitrogens with zero attached hydrogens (tertiary/aromatic N) is 2. The van der Waals surface area contributed by atoms with Gasteiger partial charge in [0.2, 0.25) is 5.91 Å². The van der Waals surface area contributed by atoms with Crippen LogP contribution in [0.3, 0.4) is 0 Å². The van der Waals surface area contributed by atoms with Crippen LogP contribution in [0.15, 0.2) is 41.0 Å². The number of aryl methyl sites for hydroxylation is 1. The minimum absolute atomic E-state index is 0.0192. The van der Waals surface area contributed by atoms with Crippen molar-refractivity contribution in [1.82, 2.24) is 9.47 Å². The van der Waals surface area contributed by atoms with Gasteiger partial charge in [-0.25, -0.2) is 4.79 Å². The van der Waals surface area contributed by atoms with Gasteiger partial charge in [-0.1, -0.05) is 6.07 Å². The number of anilines is 1. The maximum atomic E-state index is 12.4. The second-order valence-corrected chi connectivity index (χ2v) is 7.69. The number of hydrogen-bond donors (Lipinski definition) is 1. The van der Waals surface area contributed by atoms with Gasteiger partial charge in [0.25, 0.3) is 0 Å². The number of carbonyl (C=O) groups excluding carboxylic acids is 2. The summed E-state index contributed by atoms with van der Waals surface area (Å²) in [4.78, 5) is 26.4. The van der Waals surface area contributed by atoms with Crippen LogP contribution in [0, 0.1) is 6.92 Å². The number of carbonyl (C=O) groups is 2. The van der Waals surface area contributed by atoms with Crippen molar-refractivity contribution >= 4 is 33.5 Å². The Labute approximate surface area is 167 Å². The number of piperidine rings is 1. The molecule has 6 nitrogen and oxygen atoms in total. The fourth-order valence-corrected chi connectivity index (χ4v) is 4.05. The summed E-state index contributed by atoms with van der Waals surface area (Å²) in [6, 6.07) is 9.76. The normalized spacial score (nSPS) is 15.5. The number of likely N-dealkylation sites (tertiary alicyclic amines) is 1. The van der Waals surface area contributed by atoms with E-state index in [4.69, 9.17) is 4.74 Å². The molecule has 1 saturated heterocycles. The molecule has 1 aromatic carbocycles. The molecule has 1 aromatic heterocycles. The van der Waals surface area contributed by atoms with E-state index in [9.17, 15) is 9.59 Å². The summed E-state index contributed by atoms with van der Waals surface area (Å²) in [7, 11) is 1.40. The molecule has 0 bridgehead atoms. The largest absolute Gasteiger partial charge is 0.464 e. The summed E-state index contributed by atoms with van der Waals surface area (Å²) < 4.78 is 7.73. The molecule has 0 unspecified atom stereocenters. The summed E-state index contributed by atoms with van der Waals surface area (Å²) in [5, 5.41) is 2.96. The predicted molar refractivity (Wildman–Crippen MR) is 108 cm³/mol. The number of rotatable bonds is 5. The van der Waals surface area contributed by atoms with E-state index >= 15 is 0 Å². The summed E-state index contributed by atoms with van der Waals surface area (Å²) >= 11 is 3.49. The molecule has 1 N–H and O–H groups in total. The van der Waals surface area contributed by atoms with Gasteiger partial charge in [0, 0.05) is 29.8 Å². The molecule has 27 heavy (non-hydrogen) atoms. The highest BCUT2D eigenvalue weighted by Gasteiger charge is 2.24. The second-order valence-electron chi connectivity index (χ2n) is 6.83. The molecule has 144 valence electrons. The third-order valence-corrected chi connectivity index (χ3v) is 5.55. The van der Waals surface area contributed by atoms with Crippen molar-refractivity contribution in [1.29, 1.82) is 0 Å². The first kappa shape index (κ1) is 19.6. The molecule has 0 atom stereocenters. The molecular weight excluding hydrogens is 410 g/mol. The maximum absolute atomic E-state index is 12.4. The van der Waals surface area contributed by atoms with Crippen LogP contribution < -0.4 is 5.32 Å². The zero-order chi connectivity index (χ0) is 19.4. The molecule has 0 saturated carbocycles. The number of methoxy groups -OCH3 is 1. The molecular formula is C20H24BrN3O3. The van der Waals surface area contributed by atoms with E-state index in [2.05, 4.69) is 26.1 Å². The number of halogens is 1. The number of benzene rings is 1. The van der Waals surface area contributed by atoms with Crippen LogP contribution >= 0.6 is 15.9 Å². The molecule has 7 heteroatoms. The number of ether oxygens (including phenoxy) is 1. The Morgan fingerprint density at radius 1 is 1.26 bits per heavy atom. The van der Waals surface area contributed by atoms with Gasteiger partial charge in [0.05, 0.1) is 19.3 Å². The number of amides is 1. The molecule has 0 aliphatic carbocycles. The Balaban J connectivity index is 1.53. The van der Waals surface area contributed by atoms with Gasteiger partial charge in [-0.05, 0) is 65.5 Å². The van der Waals surface area contributed by atoms with Crippen LogP contribution in [0.25, 0.3) is 0 Å². The Hall–Kier alpha value is -2.12. The SMILES string of the molecule is COC(=O)c1cccn1C1CCN(CC(=O)Nc2ccc(C)cc2Br)CC1. The van der Waals surface area contributed by atoms with Crippen LogP contribution in [-0.4, -0.2) is 48.1 Å². The molecule has 3 rings (SSSR count). The van der Waals surface area contributed by atoms with Crippen LogP contribution in [0.2, 0.25) is 0 Å². The first-order valence-corrected chi connectivity index (χ1v) is 9.80. The van der Waals surface area contributed by atoms with Crippen molar-refractivity contribution in [3.63, 3.8) is 0 Å². The van der Waals surface area contributed by atoms with Crippen LogP contribution in [0.1, 0.15) is 34.9 Å². The topological polar surface area (TPSA) is 63.6 Å². The first-order valence-electron chi connectivity index (χ1n) is 9.01. The van der Waals surface area contributed by atoms with Crippen molar-refractivity contribution < 1.29 is 14.3 Å². The van der Waals surface area contributed by atoms with Gasteiger partial charge in [-0.2, -0.15) is 0 Å². The van der Waals surface area contributed by atoms with E-state index in [0.29, 0.717) is 12.2 Å². The lowest BCUT2D eigenvalue weighted by Crippen LogP contribution is -2.40. The number of esters is 1. The molecule has 1 aliphatic heterocycles. The summed E-state index contributed by atoms with van der Waals surface area (Å²) in [6.45, 7) is 4.00. The molecule has 2 heterocycles. The monoisotopic (exact) mass is 433 g/mol. The van der Waals surface area contributed by atoms with Crippen LogP contribution in [0.5, 0.6) is 0 Å². The van der Waals surface area contributed by atoms with Gasteiger partial charge >= 0.3 is 5.97 Å². The zero-order valence-corrected chi connectivity index (χ0v) is 17.2. The highest BCUT2D eigenvalue weighted by Crippen LogP contribution is 2.26.